The highest BCUT2D eigenvalue weighted by Gasteiger charge is 2.30. The number of aliphatic hydroxyl groups excluding tert-OH is 1. The number of hydrogen-bond acceptors (Lipinski definition) is 3. The number of benzene rings is 1. The van der Waals surface area contributed by atoms with Crippen molar-refractivity contribution in [2.45, 2.75) is 31.6 Å². The lowest BCUT2D eigenvalue weighted by Gasteiger charge is -2.33. The number of sulfonamides is 1. The van der Waals surface area contributed by atoms with Gasteiger partial charge in [0.15, 0.2) is 0 Å². The van der Waals surface area contributed by atoms with E-state index >= 15 is 0 Å². The summed E-state index contributed by atoms with van der Waals surface area (Å²) in [5, 5.41) is 9.56. The van der Waals surface area contributed by atoms with Gasteiger partial charge in [-0.25, -0.2) is 17.1 Å². The molecule has 1 aromatic carbocycles. The van der Waals surface area contributed by atoms with Crippen LogP contribution in [0.4, 0.5) is 4.39 Å². The molecule has 0 radical (unpaired) electrons. The highest BCUT2D eigenvalue weighted by atomic mass is 35.5. The number of rotatable bonds is 4. The number of aliphatic hydroxyl groups is 1. The Hall–Kier alpha value is -0.690. The summed E-state index contributed by atoms with van der Waals surface area (Å²) in [5.41, 5.74) is 0.459. The van der Waals surface area contributed by atoms with E-state index in [9.17, 15) is 17.9 Å². The molecule has 0 aliphatic carbocycles. The Morgan fingerprint density at radius 2 is 2.24 bits per heavy atom. The van der Waals surface area contributed by atoms with E-state index in [2.05, 4.69) is 0 Å². The van der Waals surface area contributed by atoms with Gasteiger partial charge in [0.25, 0.3) is 0 Å². The van der Waals surface area contributed by atoms with Gasteiger partial charge in [-0.05, 0) is 43.4 Å². The van der Waals surface area contributed by atoms with Crippen molar-refractivity contribution >= 4 is 21.6 Å². The molecule has 1 N–H and O–H groups in total. The Labute approximate surface area is 129 Å². The topological polar surface area (TPSA) is 57.6 Å². The number of hydrogen-bond donors (Lipinski definition) is 1. The van der Waals surface area contributed by atoms with Gasteiger partial charge in [-0.3, -0.25) is 0 Å². The molecule has 0 amide bonds. The first kappa shape index (κ1) is 16.7. The molecule has 0 spiro atoms. The van der Waals surface area contributed by atoms with E-state index in [0.29, 0.717) is 18.7 Å². The van der Waals surface area contributed by atoms with Gasteiger partial charge >= 0.3 is 0 Å². The summed E-state index contributed by atoms with van der Waals surface area (Å²) in [4.78, 5) is 0. The van der Waals surface area contributed by atoms with Gasteiger partial charge in [0.1, 0.15) is 5.82 Å². The molecule has 4 nitrogen and oxygen atoms in total. The molecule has 1 fully saturated rings. The Morgan fingerprint density at radius 3 is 2.86 bits per heavy atom. The Kier molecular flexibility index (Phi) is 5.24. The normalized spacial score (nSPS) is 22.2. The highest BCUT2D eigenvalue weighted by Crippen LogP contribution is 2.24. The van der Waals surface area contributed by atoms with E-state index in [1.165, 1.54) is 22.5 Å². The third kappa shape index (κ3) is 4.16. The molecule has 0 aromatic heterocycles. The monoisotopic (exact) mass is 335 g/mol. The maximum atomic E-state index is 13.1. The maximum absolute atomic E-state index is 13.1. The van der Waals surface area contributed by atoms with E-state index in [0.717, 1.165) is 12.8 Å². The lowest BCUT2D eigenvalue weighted by Crippen LogP contribution is -2.43. The molecule has 1 aliphatic rings. The molecule has 118 valence electrons. The fraction of sp³-hybridized carbons (Fsp3) is 0.571. The van der Waals surface area contributed by atoms with Crippen LogP contribution in [0.15, 0.2) is 18.2 Å². The lowest BCUT2D eigenvalue weighted by atomic mass is 9.95. The lowest BCUT2D eigenvalue weighted by molar-refractivity contribution is 0.0885. The maximum Gasteiger partial charge on any atom is 0.218 e. The van der Waals surface area contributed by atoms with E-state index in [1.54, 1.807) is 6.92 Å². The molecule has 2 rings (SSSR count). The molecule has 1 aliphatic heterocycles. The summed E-state index contributed by atoms with van der Waals surface area (Å²) in [6.07, 6.45) is 1.04. The molecule has 1 aromatic rings. The zero-order valence-corrected chi connectivity index (χ0v) is 13.4. The molecule has 1 heterocycles. The average molecular weight is 336 g/mol. The van der Waals surface area contributed by atoms with Gasteiger partial charge in [0.2, 0.25) is 10.0 Å². The summed E-state index contributed by atoms with van der Waals surface area (Å²) in [5.74, 6) is -0.810. The largest absolute Gasteiger partial charge is 0.393 e. The molecule has 2 atom stereocenters. The predicted octanol–water partition coefficient (Wildman–Crippen LogP) is 2.40. The number of halogens is 2. The molecular weight excluding hydrogens is 317 g/mol. The first-order valence-electron chi connectivity index (χ1n) is 6.89. The third-order valence-corrected chi connectivity index (χ3v) is 5.94. The summed E-state index contributed by atoms with van der Waals surface area (Å²) < 4.78 is 39.4. The van der Waals surface area contributed by atoms with Gasteiger partial charge in [-0.15, -0.1) is 0 Å². The van der Waals surface area contributed by atoms with Crippen molar-refractivity contribution in [2.75, 3.05) is 13.1 Å². The number of piperidine rings is 1. The fourth-order valence-corrected chi connectivity index (χ4v) is 4.36. The minimum atomic E-state index is -3.49. The SMILES string of the molecule is CC(O)C1CCCN(S(=O)(=O)Cc2ccc(F)c(Cl)c2)C1. The first-order valence-corrected chi connectivity index (χ1v) is 8.88. The minimum absolute atomic E-state index is 0.0367. The van der Waals surface area contributed by atoms with Crippen LogP contribution in [0.5, 0.6) is 0 Å². The molecule has 21 heavy (non-hydrogen) atoms. The van der Waals surface area contributed by atoms with Crippen LogP contribution in [-0.4, -0.2) is 37.0 Å². The summed E-state index contributed by atoms with van der Waals surface area (Å²) >= 11 is 5.68. The zero-order chi connectivity index (χ0) is 15.6. The number of nitrogens with zero attached hydrogens (tertiary/aromatic N) is 1. The second-order valence-corrected chi connectivity index (χ2v) is 7.88. The molecular formula is C14H19ClFNO3S. The fourth-order valence-electron chi connectivity index (χ4n) is 2.55. The Bertz CT molecular complexity index is 606. The molecule has 0 saturated carbocycles. The van der Waals surface area contributed by atoms with Crippen LogP contribution in [0.2, 0.25) is 5.02 Å². The van der Waals surface area contributed by atoms with Gasteiger partial charge < -0.3 is 5.11 Å². The minimum Gasteiger partial charge on any atom is -0.393 e. The second-order valence-electron chi connectivity index (χ2n) is 5.51. The van der Waals surface area contributed by atoms with Gasteiger partial charge in [0.05, 0.1) is 16.9 Å². The van der Waals surface area contributed by atoms with E-state index in [-0.39, 0.29) is 16.7 Å². The van der Waals surface area contributed by atoms with E-state index in [1.807, 2.05) is 0 Å². The first-order chi connectivity index (χ1) is 9.79. The van der Waals surface area contributed by atoms with Crippen LogP contribution in [0.3, 0.4) is 0 Å². The van der Waals surface area contributed by atoms with E-state index in [4.69, 9.17) is 11.6 Å². The summed E-state index contributed by atoms with van der Waals surface area (Å²) in [6.45, 7) is 2.47. The molecule has 0 bridgehead atoms. The van der Waals surface area contributed by atoms with Crippen LogP contribution >= 0.6 is 11.6 Å². The van der Waals surface area contributed by atoms with Crippen molar-refractivity contribution in [3.63, 3.8) is 0 Å². The zero-order valence-electron chi connectivity index (χ0n) is 11.8. The highest BCUT2D eigenvalue weighted by molar-refractivity contribution is 7.88. The van der Waals surface area contributed by atoms with Crippen molar-refractivity contribution in [3.05, 3.63) is 34.6 Å². The van der Waals surface area contributed by atoms with Crippen molar-refractivity contribution in [1.29, 1.82) is 0 Å². The van der Waals surface area contributed by atoms with Crippen LogP contribution in [0.25, 0.3) is 0 Å². The Morgan fingerprint density at radius 1 is 1.52 bits per heavy atom. The Balaban J connectivity index is 2.12. The van der Waals surface area contributed by atoms with Crippen LogP contribution in [0, 0.1) is 11.7 Å². The summed E-state index contributed by atoms with van der Waals surface area (Å²) in [7, 11) is -3.49. The molecule has 7 heteroatoms. The average Bonchev–Trinajstić information content (AvgIpc) is 2.43. The smallest absolute Gasteiger partial charge is 0.218 e. The van der Waals surface area contributed by atoms with Crippen LogP contribution < -0.4 is 0 Å². The van der Waals surface area contributed by atoms with Crippen LogP contribution in [0.1, 0.15) is 25.3 Å². The third-order valence-electron chi connectivity index (χ3n) is 3.83. The molecule has 1 saturated heterocycles. The van der Waals surface area contributed by atoms with E-state index < -0.39 is 21.9 Å². The van der Waals surface area contributed by atoms with Crippen molar-refractivity contribution < 1.29 is 17.9 Å². The molecule has 2 unspecified atom stereocenters. The second kappa shape index (κ2) is 6.60. The van der Waals surface area contributed by atoms with Crippen molar-refractivity contribution in [3.8, 4) is 0 Å². The van der Waals surface area contributed by atoms with Crippen LogP contribution in [-0.2, 0) is 15.8 Å². The quantitative estimate of drug-likeness (QED) is 0.919. The van der Waals surface area contributed by atoms with Gasteiger partial charge in [-0.2, -0.15) is 0 Å². The predicted molar refractivity (Wildman–Crippen MR) is 80.0 cm³/mol. The van der Waals surface area contributed by atoms with Gasteiger partial charge in [0, 0.05) is 13.1 Å². The van der Waals surface area contributed by atoms with Gasteiger partial charge in [-0.1, -0.05) is 17.7 Å². The standard InChI is InChI=1S/C14H19ClFNO3S/c1-10(18)12-3-2-6-17(8-12)21(19,20)9-11-4-5-14(16)13(15)7-11/h4-5,7,10,12,18H,2-3,6,8-9H2,1H3. The summed E-state index contributed by atoms with van der Waals surface area (Å²) in [6, 6.07) is 3.93. The van der Waals surface area contributed by atoms with Crippen molar-refractivity contribution in [1.82, 2.24) is 4.31 Å². The van der Waals surface area contributed by atoms with Crippen molar-refractivity contribution in [2.24, 2.45) is 5.92 Å².